The molecule has 150 valence electrons. The third-order valence-electron chi connectivity index (χ3n) is 4.38. The van der Waals surface area contributed by atoms with Crippen molar-refractivity contribution in [3.8, 4) is 23.0 Å². The van der Waals surface area contributed by atoms with E-state index >= 15 is 0 Å². The zero-order chi connectivity index (χ0) is 20.9. The average Bonchev–Trinajstić information content (AvgIpc) is 2.78. The van der Waals surface area contributed by atoms with E-state index in [2.05, 4.69) is 10.3 Å². The maximum atomic E-state index is 12.2. The van der Waals surface area contributed by atoms with Gasteiger partial charge in [0.05, 0.1) is 18.0 Å². The number of nitrogens with zero attached hydrogens (tertiary/aromatic N) is 1. The monoisotopic (exact) mass is 402 g/mol. The van der Waals surface area contributed by atoms with Gasteiger partial charge in [0.15, 0.2) is 18.1 Å². The number of para-hydroxylation sites is 3. The van der Waals surface area contributed by atoms with Crippen molar-refractivity contribution in [3.63, 3.8) is 0 Å². The number of carbonyl (C=O) groups is 1. The van der Waals surface area contributed by atoms with Crippen LogP contribution in [0.5, 0.6) is 11.5 Å². The minimum absolute atomic E-state index is 0.163. The first-order valence-corrected chi connectivity index (χ1v) is 9.20. The van der Waals surface area contributed by atoms with E-state index in [1.165, 1.54) is 7.11 Å². The highest BCUT2D eigenvalue weighted by Crippen LogP contribution is 2.26. The predicted molar refractivity (Wildman–Crippen MR) is 113 cm³/mol. The van der Waals surface area contributed by atoms with Crippen molar-refractivity contribution in [1.82, 2.24) is 4.98 Å². The molecule has 0 aliphatic carbocycles. The molecule has 0 aliphatic rings. The predicted octanol–water partition coefficient (Wildman–Crippen LogP) is 3.88. The Morgan fingerprint density at radius 1 is 0.967 bits per heavy atom. The fraction of sp³-hybridized carbons (Fsp3) is 0.0870. The van der Waals surface area contributed by atoms with Gasteiger partial charge in [-0.05, 0) is 48.5 Å². The lowest BCUT2D eigenvalue weighted by molar-refractivity contribution is -0.118. The number of amides is 1. The third-order valence-corrected chi connectivity index (χ3v) is 4.38. The van der Waals surface area contributed by atoms with E-state index in [1.807, 2.05) is 12.1 Å². The maximum Gasteiger partial charge on any atom is 0.347 e. The minimum atomic E-state index is -0.443. The first-order chi connectivity index (χ1) is 14.6. The summed E-state index contributed by atoms with van der Waals surface area (Å²) in [6, 6.07) is 20.9. The number of rotatable bonds is 6. The summed E-state index contributed by atoms with van der Waals surface area (Å²) in [7, 11) is 1.54. The highest BCUT2D eigenvalue weighted by atomic mass is 16.5. The zero-order valence-electron chi connectivity index (χ0n) is 16.1. The van der Waals surface area contributed by atoms with Crippen molar-refractivity contribution in [1.29, 1.82) is 0 Å². The molecule has 0 spiro atoms. The van der Waals surface area contributed by atoms with Crippen LogP contribution in [0.4, 0.5) is 5.69 Å². The number of fused-ring (bicyclic) bond motifs is 1. The second-order valence-electron chi connectivity index (χ2n) is 6.39. The Labute approximate surface area is 171 Å². The lowest BCUT2D eigenvalue weighted by Crippen LogP contribution is -2.20. The van der Waals surface area contributed by atoms with Gasteiger partial charge in [0, 0.05) is 11.3 Å². The summed E-state index contributed by atoms with van der Waals surface area (Å²) in [4.78, 5) is 28.7. The van der Waals surface area contributed by atoms with Crippen LogP contribution < -0.4 is 20.4 Å². The first-order valence-electron chi connectivity index (χ1n) is 9.20. The Morgan fingerprint density at radius 3 is 2.43 bits per heavy atom. The highest BCUT2D eigenvalue weighted by Gasteiger charge is 2.10. The van der Waals surface area contributed by atoms with Gasteiger partial charge in [-0.2, -0.15) is 0 Å². The Bertz CT molecular complexity index is 1250. The van der Waals surface area contributed by atoms with E-state index in [4.69, 9.17) is 13.9 Å². The van der Waals surface area contributed by atoms with E-state index in [0.717, 1.165) is 0 Å². The molecule has 0 atom stereocenters. The molecule has 0 saturated heterocycles. The molecule has 0 aliphatic heterocycles. The molecule has 7 heteroatoms. The molecule has 4 aromatic rings. The maximum absolute atomic E-state index is 12.2. The van der Waals surface area contributed by atoms with Crippen LogP contribution in [0.2, 0.25) is 0 Å². The number of methoxy groups -OCH3 is 1. The fourth-order valence-corrected chi connectivity index (χ4v) is 2.92. The molecule has 7 nitrogen and oxygen atoms in total. The van der Waals surface area contributed by atoms with Crippen molar-refractivity contribution in [2.24, 2.45) is 0 Å². The van der Waals surface area contributed by atoms with Crippen LogP contribution >= 0.6 is 0 Å². The number of nitrogens with one attached hydrogen (secondary N) is 1. The van der Waals surface area contributed by atoms with Crippen LogP contribution in [0.1, 0.15) is 0 Å². The fourth-order valence-electron chi connectivity index (χ4n) is 2.92. The third kappa shape index (κ3) is 4.15. The van der Waals surface area contributed by atoms with Crippen LogP contribution in [0.15, 0.2) is 82.0 Å². The lowest BCUT2D eigenvalue weighted by atomic mass is 10.2. The molecule has 0 unspecified atom stereocenters. The second-order valence-corrected chi connectivity index (χ2v) is 6.39. The molecule has 0 fully saturated rings. The molecular weight excluding hydrogens is 384 g/mol. The molecule has 0 saturated carbocycles. The summed E-state index contributed by atoms with van der Waals surface area (Å²) >= 11 is 0. The highest BCUT2D eigenvalue weighted by molar-refractivity contribution is 5.92. The molecule has 1 aromatic heterocycles. The van der Waals surface area contributed by atoms with Crippen LogP contribution in [-0.2, 0) is 4.79 Å². The Balaban J connectivity index is 1.44. The summed E-state index contributed by atoms with van der Waals surface area (Å²) in [6.45, 7) is -0.163. The number of hydrogen-bond donors (Lipinski definition) is 1. The molecule has 3 aromatic carbocycles. The topological polar surface area (TPSA) is 90.7 Å². The molecule has 1 N–H and O–H groups in total. The van der Waals surface area contributed by atoms with Gasteiger partial charge < -0.3 is 19.2 Å². The number of hydrogen-bond acceptors (Lipinski definition) is 6. The smallest absolute Gasteiger partial charge is 0.347 e. The normalized spacial score (nSPS) is 10.6. The zero-order valence-corrected chi connectivity index (χ0v) is 16.1. The Morgan fingerprint density at radius 2 is 1.67 bits per heavy atom. The van der Waals surface area contributed by atoms with E-state index in [1.54, 1.807) is 60.7 Å². The molecule has 1 amide bonds. The Hall–Kier alpha value is -4.13. The number of benzene rings is 3. The van der Waals surface area contributed by atoms with Crippen LogP contribution in [0.3, 0.4) is 0 Å². The minimum Gasteiger partial charge on any atom is -0.493 e. The molecule has 30 heavy (non-hydrogen) atoms. The molecule has 1 heterocycles. The van der Waals surface area contributed by atoms with Crippen molar-refractivity contribution in [3.05, 3.63) is 83.2 Å². The molecule has 0 bridgehead atoms. The average molecular weight is 402 g/mol. The summed E-state index contributed by atoms with van der Waals surface area (Å²) in [5, 5.41) is 3.18. The number of anilines is 1. The van der Waals surface area contributed by atoms with Gasteiger partial charge in [0.25, 0.3) is 5.91 Å². The van der Waals surface area contributed by atoms with Crippen molar-refractivity contribution < 1.29 is 18.7 Å². The van der Waals surface area contributed by atoms with E-state index < -0.39 is 5.63 Å². The first kappa shape index (κ1) is 19.2. The quantitative estimate of drug-likeness (QED) is 0.526. The van der Waals surface area contributed by atoms with Gasteiger partial charge >= 0.3 is 5.63 Å². The van der Waals surface area contributed by atoms with Gasteiger partial charge in [-0.1, -0.05) is 24.3 Å². The summed E-state index contributed by atoms with van der Waals surface area (Å²) < 4.78 is 16.0. The van der Waals surface area contributed by atoms with Gasteiger partial charge in [-0.3, -0.25) is 4.79 Å². The van der Waals surface area contributed by atoms with Crippen molar-refractivity contribution >= 4 is 22.5 Å². The molecule has 4 rings (SSSR count). The summed E-state index contributed by atoms with van der Waals surface area (Å²) in [5.41, 5.74) is 1.33. The number of aromatic nitrogens is 1. The van der Waals surface area contributed by atoms with Crippen LogP contribution in [-0.4, -0.2) is 24.6 Å². The van der Waals surface area contributed by atoms with E-state index in [-0.39, 0.29) is 18.4 Å². The van der Waals surface area contributed by atoms with Gasteiger partial charge in [0.1, 0.15) is 0 Å². The summed E-state index contributed by atoms with van der Waals surface area (Å²) in [6.07, 6.45) is 0. The van der Waals surface area contributed by atoms with Crippen molar-refractivity contribution in [2.75, 3.05) is 19.0 Å². The number of ether oxygens (including phenoxy) is 2. The largest absolute Gasteiger partial charge is 0.493 e. The summed E-state index contributed by atoms with van der Waals surface area (Å²) in [5.74, 6) is 0.946. The standard InChI is InChI=1S/C23H18N2O5/c1-28-19-8-4-5-9-20(19)29-14-21(26)24-16-12-10-15(11-13-16)22-25-18-7-3-2-6-17(18)23(27)30-22/h2-13H,14H2,1H3,(H,24,26). The number of carbonyl (C=O) groups excluding carboxylic acids is 1. The molecule has 0 radical (unpaired) electrons. The van der Waals surface area contributed by atoms with E-state index in [9.17, 15) is 9.59 Å². The van der Waals surface area contributed by atoms with Gasteiger partial charge in [0.2, 0.25) is 5.89 Å². The van der Waals surface area contributed by atoms with E-state index in [0.29, 0.717) is 33.7 Å². The second kappa shape index (κ2) is 8.48. The SMILES string of the molecule is COc1ccccc1OCC(=O)Nc1ccc(-c2nc3ccccc3c(=O)o2)cc1. The molecular formula is C23H18N2O5. The lowest BCUT2D eigenvalue weighted by Gasteiger charge is -2.10. The van der Waals surface area contributed by atoms with Crippen molar-refractivity contribution in [2.45, 2.75) is 0 Å². The van der Waals surface area contributed by atoms with Gasteiger partial charge in [-0.25, -0.2) is 9.78 Å². The Kier molecular flexibility index (Phi) is 5.43. The van der Waals surface area contributed by atoms with Crippen LogP contribution in [0, 0.1) is 0 Å². The van der Waals surface area contributed by atoms with Crippen LogP contribution in [0.25, 0.3) is 22.4 Å². The van der Waals surface area contributed by atoms with Gasteiger partial charge in [-0.15, -0.1) is 0 Å².